The van der Waals surface area contributed by atoms with Crippen LogP contribution in [0.25, 0.3) is 0 Å². The molecular weight excluding hydrogens is 312 g/mol. The number of amides is 1. The molecule has 0 aromatic heterocycles. The summed E-state index contributed by atoms with van der Waals surface area (Å²) in [5, 5.41) is 4.15. The number of halogens is 1. The van der Waals surface area contributed by atoms with Crippen molar-refractivity contribution in [2.45, 2.75) is 39.0 Å². The van der Waals surface area contributed by atoms with Crippen molar-refractivity contribution in [3.05, 3.63) is 22.7 Å². The van der Waals surface area contributed by atoms with Gasteiger partial charge in [0.2, 0.25) is 5.91 Å². The highest BCUT2D eigenvalue weighted by molar-refractivity contribution is 6.32. The predicted molar refractivity (Wildman–Crippen MR) is 93.6 cm³/mol. The average Bonchev–Trinajstić information content (AvgIpc) is 2.82. The molecule has 2 aliphatic heterocycles. The Morgan fingerprint density at radius 2 is 1.96 bits per heavy atom. The molecule has 1 N–H and O–H groups in total. The SMILES string of the molecule is COc1ccc(Cl)c2c1N(C(=O)C(C)(C)C)CC21CCNCC1. The molecule has 2 aliphatic rings. The summed E-state index contributed by atoms with van der Waals surface area (Å²) in [7, 11) is 1.65. The fourth-order valence-corrected chi connectivity index (χ4v) is 4.19. The summed E-state index contributed by atoms with van der Waals surface area (Å²) in [6, 6.07) is 3.76. The molecule has 1 spiro atoms. The number of carbonyl (C=O) groups is 1. The van der Waals surface area contributed by atoms with Crippen LogP contribution in [0.5, 0.6) is 5.75 Å². The lowest BCUT2D eigenvalue weighted by Crippen LogP contribution is -2.46. The van der Waals surface area contributed by atoms with Crippen molar-refractivity contribution < 1.29 is 9.53 Å². The van der Waals surface area contributed by atoms with Crippen molar-refractivity contribution in [1.29, 1.82) is 0 Å². The first-order chi connectivity index (χ1) is 10.8. The van der Waals surface area contributed by atoms with Gasteiger partial charge in [0.05, 0.1) is 12.8 Å². The molecule has 1 fully saturated rings. The van der Waals surface area contributed by atoms with Crippen LogP contribution in [0.15, 0.2) is 12.1 Å². The number of carbonyl (C=O) groups excluding carboxylic acids is 1. The highest BCUT2D eigenvalue weighted by Crippen LogP contribution is 2.53. The van der Waals surface area contributed by atoms with Crippen LogP contribution in [0, 0.1) is 5.41 Å². The Kier molecular flexibility index (Phi) is 4.09. The molecular formula is C18H25ClN2O2. The second-order valence-electron chi connectivity index (χ2n) is 7.64. The van der Waals surface area contributed by atoms with E-state index < -0.39 is 5.41 Å². The van der Waals surface area contributed by atoms with Gasteiger partial charge in [0.1, 0.15) is 5.75 Å². The van der Waals surface area contributed by atoms with E-state index in [1.165, 1.54) is 0 Å². The van der Waals surface area contributed by atoms with E-state index in [-0.39, 0.29) is 11.3 Å². The van der Waals surface area contributed by atoms with Crippen LogP contribution in [0.4, 0.5) is 5.69 Å². The number of anilines is 1. The summed E-state index contributed by atoms with van der Waals surface area (Å²) in [6.07, 6.45) is 1.97. The number of hydrogen-bond acceptors (Lipinski definition) is 3. The van der Waals surface area contributed by atoms with Gasteiger partial charge < -0.3 is 15.0 Å². The number of nitrogens with one attached hydrogen (secondary N) is 1. The Hall–Kier alpha value is -1.26. The molecule has 2 heterocycles. The Morgan fingerprint density at radius 1 is 1.30 bits per heavy atom. The molecule has 0 bridgehead atoms. The molecule has 1 aromatic rings. The van der Waals surface area contributed by atoms with Crippen molar-refractivity contribution in [1.82, 2.24) is 5.32 Å². The minimum Gasteiger partial charge on any atom is -0.495 e. The zero-order chi connectivity index (χ0) is 16.8. The summed E-state index contributed by atoms with van der Waals surface area (Å²) >= 11 is 6.59. The van der Waals surface area contributed by atoms with E-state index in [4.69, 9.17) is 16.3 Å². The van der Waals surface area contributed by atoms with Gasteiger partial charge in [0.25, 0.3) is 0 Å². The summed E-state index contributed by atoms with van der Waals surface area (Å²) < 4.78 is 5.57. The molecule has 0 saturated carbocycles. The molecule has 1 saturated heterocycles. The zero-order valence-electron chi connectivity index (χ0n) is 14.3. The summed E-state index contributed by atoms with van der Waals surface area (Å²) in [4.78, 5) is 15.0. The molecule has 0 aliphatic carbocycles. The van der Waals surface area contributed by atoms with Crippen LogP contribution < -0.4 is 15.0 Å². The predicted octanol–water partition coefficient (Wildman–Crippen LogP) is 3.36. The van der Waals surface area contributed by atoms with E-state index in [2.05, 4.69) is 5.32 Å². The first-order valence-electron chi connectivity index (χ1n) is 8.20. The number of fused-ring (bicyclic) bond motifs is 2. The molecule has 1 amide bonds. The van der Waals surface area contributed by atoms with Gasteiger partial charge in [-0.05, 0) is 38.1 Å². The first kappa shape index (κ1) is 16.6. The van der Waals surface area contributed by atoms with Crippen molar-refractivity contribution in [2.24, 2.45) is 5.41 Å². The molecule has 4 nitrogen and oxygen atoms in total. The number of benzene rings is 1. The van der Waals surface area contributed by atoms with Gasteiger partial charge >= 0.3 is 0 Å². The van der Waals surface area contributed by atoms with Crippen molar-refractivity contribution in [3.8, 4) is 5.75 Å². The molecule has 5 heteroatoms. The number of piperidine rings is 1. The Labute approximate surface area is 143 Å². The molecule has 1 aromatic carbocycles. The van der Waals surface area contributed by atoms with Crippen LogP contribution in [0.2, 0.25) is 5.02 Å². The maximum Gasteiger partial charge on any atom is 0.232 e. The quantitative estimate of drug-likeness (QED) is 0.855. The summed E-state index contributed by atoms with van der Waals surface area (Å²) in [5.41, 5.74) is 1.47. The van der Waals surface area contributed by atoms with Crippen LogP contribution in [0.1, 0.15) is 39.2 Å². The van der Waals surface area contributed by atoms with Crippen LogP contribution in [0.3, 0.4) is 0 Å². The Bertz CT molecular complexity index is 631. The smallest absolute Gasteiger partial charge is 0.232 e. The summed E-state index contributed by atoms with van der Waals surface area (Å²) in [6.45, 7) is 8.47. The normalized spacial score (nSPS) is 19.8. The topological polar surface area (TPSA) is 41.6 Å². The standard InChI is InChI=1S/C18H25ClN2O2/c1-17(2,3)16(22)21-11-18(7-9-20-10-8-18)14-12(19)5-6-13(23-4)15(14)21/h5-6,20H,7-11H2,1-4H3. The van der Waals surface area contributed by atoms with E-state index in [9.17, 15) is 4.79 Å². The third-order valence-corrected chi connectivity index (χ3v) is 5.33. The molecule has 0 unspecified atom stereocenters. The Morgan fingerprint density at radius 3 is 2.52 bits per heavy atom. The van der Waals surface area contributed by atoms with E-state index in [0.717, 1.165) is 48.0 Å². The maximum absolute atomic E-state index is 13.0. The monoisotopic (exact) mass is 336 g/mol. The number of ether oxygens (including phenoxy) is 1. The summed E-state index contributed by atoms with van der Waals surface area (Å²) in [5.74, 6) is 0.854. The third kappa shape index (κ3) is 2.62. The van der Waals surface area contributed by atoms with Crippen molar-refractivity contribution in [2.75, 3.05) is 31.6 Å². The molecule has 3 rings (SSSR count). The van der Waals surface area contributed by atoms with Crippen LogP contribution >= 0.6 is 11.6 Å². The van der Waals surface area contributed by atoms with Gasteiger partial charge in [-0.1, -0.05) is 32.4 Å². The highest BCUT2D eigenvalue weighted by atomic mass is 35.5. The fourth-order valence-electron chi connectivity index (χ4n) is 3.84. The maximum atomic E-state index is 13.0. The number of hydrogen-bond donors (Lipinski definition) is 1. The fraction of sp³-hybridized carbons (Fsp3) is 0.611. The largest absolute Gasteiger partial charge is 0.495 e. The lowest BCUT2D eigenvalue weighted by Gasteiger charge is -2.35. The van der Waals surface area contributed by atoms with Gasteiger partial charge in [-0.15, -0.1) is 0 Å². The first-order valence-corrected chi connectivity index (χ1v) is 8.58. The number of nitrogens with zero attached hydrogens (tertiary/aromatic N) is 1. The Balaban J connectivity index is 2.18. The minimum atomic E-state index is -0.441. The van der Waals surface area contributed by atoms with Gasteiger partial charge in [0.15, 0.2) is 0 Å². The van der Waals surface area contributed by atoms with Crippen LogP contribution in [-0.4, -0.2) is 32.7 Å². The molecule has 0 radical (unpaired) electrons. The second kappa shape index (κ2) is 5.67. The second-order valence-corrected chi connectivity index (χ2v) is 8.05. The number of rotatable bonds is 1. The van der Waals surface area contributed by atoms with E-state index in [1.54, 1.807) is 7.11 Å². The number of methoxy groups -OCH3 is 1. The minimum absolute atomic E-state index is 0.0624. The van der Waals surface area contributed by atoms with E-state index >= 15 is 0 Å². The van der Waals surface area contributed by atoms with E-state index in [0.29, 0.717) is 6.54 Å². The van der Waals surface area contributed by atoms with Gasteiger partial charge in [-0.2, -0.15) is 0 Å². The van der Waals surface area contributed by atoms with Crippen molar-refractivity contribution >= 4 is 23.2 Å². The van der Waals surface area contributed by atoms with E-state index in [1.807, 2.05) is 37.8 Å². The highest BCUT2D eigenvalue weighted by Gasteiger charge is 2.49. The van der Waals surface area contributed by atoms with Gasteiger partial charge in [0, 0.05) is 28.0 Å². The lowest BCUT2D eigenvalue weighted by molar-refractivity contribution is -0.125. The average molecular weight is 337 g/mol. The third-order valence-electron chi connectivity index (χ3n) is 5.02. The van der Waals surface area contributed by atoms with Crippen molar-refractivity contribution in [3.63, 3.8) is 0 Å². The van der Waals surface area contributed by atoms with Crippen LogP contribution in [-0.2, 0) is 10.2 Å². The van der Waals surface area contributed by atoms with Gasteiger partial charge in [-0.3, -0.25) is 4.79 Å². The molecule has 0 atom stereocenters. The zero-order valence-corrected chi connectivity index (χ0v) is 15.1. The lowest BCUT2D eigenvalue weighted by atomic mass is 9.74. The van der Waals surface area contributed by atoms with Gasteiger partial charge in [-0.25, -0.2) is 0 Å². The molecule has 126 valence electrons. The molecule has 23 heavy (non-hydrogen) atoms.